The first-order valence-electron chi connectivity index (χ1n) is 13.0. The van der Waals surface area contributed by atoms with E-state index in [0.29, 0.717) is 41.4 Å². The predicted molar refractivity (Wildman–Crippen MR) is 143 cm³/mol. The molecule has 2 aromatic heterocycles. The van der Waals surface area contributed by atoms with E-state index >= 15 is 0 Å². The van der Waals surface area contributed by atoms with Crippen LogP contribution in [0.15, 0.2) is 54.9 Å². The molecular formula is C28H28F3N7O. The van der Waals surface area contributed by atoms with Crippen molar-refractivity contribution in [2.45, 2.75) is 18.9 Å². The number of halogens is 3. The summed E-state index contributed by atoms with van der Waals surface area (Å²) in [5.41, 5.74) is 1.70. The third-order valence-electron chi connectivity index (χ3n) is 7.52. The molecule has 2 fully saturated rings. The number of carbonyl (C=O) groups excluding carboxylic acids is 1. The van der Waals surface area contributed by atoms with Gasteiger partial charge in [-0.05, 0) is 62.4 Å². The minimum absolute atomic E-state index is 0.182. The minimum Gasteiger partial charge on any atom is -0.367 e. The minimum atomic E-state index is -0.490. The molecule has 2 aliphatic heterocycles. The zero-order chi connectivity index (χ0) is 27.1. The molecule has 0 aliphatic carbocycles. The molecule has 202 valence electrons. The number of amides is 1. The molecule has 6 rings (SSSR count). The molecule has 0 spiro atoms. The molecule has 0 radical (unpaired) electrons. The van der Waals surface area contributed by atoms with Gasteiger partial charge in [-0.2, -0.15) is 5.10 Å². The number of nitrogens with one attached hydrogen (secondary N) is 1. The average Bonchev–Trinajstić information content (AvgIpc) is 3.58. The molecule has 39 heavy (non-hydrogen) atoms. The number of benzene rings is 2. The van der Waals surface area contributed by atoms with Gasteiger partial charge in [-0.1, -0.05) is 0 Å². The number of nitrogens with zero attached hydrogens (tertiary/aromatic N) is 6. The van der Waals surface area contributed by atoms with E-state index in [4.69, 9.17) is 4.98 Å². The standard InChI is InChI=1S/C28H28F3N7O/c1-35-11-13-36(14-12-35)25-7-4-18(15-22(25)31)28(39)33-23-17-32-38-10-8-26(34-27(23)38)37-9-2-3-24(37)20-16-19(29)5-6-21(20)30/h4-8,10,15-17,24H,2-3,9,11-14H2,1H3,(H,33,39)/t24-/m1/s1. The topological polar surface area (TPSA) is 69.0 Å². The van der Waals surface area contributed by atoms with Crippen LogP contribution < -0.4 is 15.1 Å². The van der Waals surface area contributed by atoms with Crippen LogP contribution in [0.5, 0.6) is 0 Å². The molecule has 0 saturated carbocycles. The number of piperazine rings is 1. The number of rotatable bonds is 5. The smallest absolute Gasteiger partial charge is 0.255 e. The quantitative estimate of drug-likeness (QED) is 0.406. The van der Waals surface area contributed by atoms with Gasteiger partial charge in [-0.25, -0.2) is 22.7 Å². The normalized spacial score (nSPS) is 18.2. The van der Waals surface area contributed by atoms with Gasteiger partial charge in [0.05, 0.1) is 17.9 Å². The lowest BCUT2D eigenvalue weighted by atomic mass is 10.0. The van der Waals surface area contributed by atoms with Crippen LogP contribution in [0.3, 0.4) is 0 Å². The van der Waals surface area contributed by atoms with Crippen molar-refractivity contribution in [3.63, 3.8) is 0 Å². The summed E-state index contributed by atoms with van der Waals surface area (Å²) in [5, 5.41) is 7.05. The molecule has 2 saturated heterocycles. The number of aromatic nitrogens is 3. The highest BCUT2D eigenvalue weighted by molar-refractivity contribution is 6.06. The summed E-state index contributed by atoms with van der Waals surface area (Å²) < 4.78 is 44.9. The SMILES string of the molecule is CN1CCN(c2ccc(C(=O)Nc3cnn4ccc(N5CCC[C@@H]5c5cc(F)ccc5F)nc34)cc2F)CC1. The van der Waals surface area contributed by atoms with E-state index in [1.807, 2.05) is 16.8 Å². The zero-order valence-corrected chi connectivity index (χ0v) is 21.4. The maximum absolute atomic E-state index is 15.0. The number of carbonyl (C=O) groups is 1. The van der Waals surface area contributed by atoms with Crippen LogP contribution in [0.4, 0.5) is 30.4 Å². The Morgan fingerprint density at radius 3 is 2.59 bits per heavy atom. The molecule has 1 amide bonds. The van der Waals surface area contributed by atoms with E-state index in [1.54, 1.807) is 24.4 Å². The third-order valence-corrected chi connectivity index (χ3v) is 7.52. The fourth-order valence-corrected chi connectivity index (χ4v) is 5.39. The Hall–Kier alpha value is -4.12. The second-order valence-corrected chi connectivity index (χ2v) is 10.0. The number of anilines is 3. The number of likely N-dealkylation sites (N-methyl/N-ethyl adjacent to an activating group) is 1. The summed E-state index contributed by atoms with van der Waals surface area (Å²) in [6, 6.07) is 9.37. The summed E-state index contributed by atoms with van der Waals surface area (Å²) >= 11 is 0. The predicted octanol–water partition coefficient (Wildman–Crippen LogP) is 4.49. The maximum Gasteiger partial charge on any atom is 0.255 e. The largest absolute Gasteiger partial charge is 0.367 e. The molecule has 11 heteroatoms. The van der Waals surface area contributed by atoms with Crippen LogP contribution in [0.1, 0.15) is 34.8 Å². The van der Waals surface area contributed by atoms with E-state index < -0.39 is 23.4 Å². The van der Waals surface area contributed by atoms with Crippen molar-refractivity contribution in [2.24, 2.45) is 0 Å². The first kappa shape index (κ1) is 25.2. The number of fused-ring (bicyclic) bond motifs is 1. The Labute approximate surface area is 223 Å². The molecule has 4 aromatic rings. The number of hydrogen-bond acceptors (Lipinski definition) is 6. The van der Waals surface area contributed by atoms with Crippen LogP contribution >= 0.6 is 0 Å². The second kappa shape index (κ2) is 10.2. The van der Waals surface area contributed by atoms with Gasteiger partial charge in [0.15, 0.2) is 5.65 Å². The van der Waals surface area contributed by atoms with Gasteiger partial charge >= 0.3 is 0 Å². The third kappa shape index (κ3) is 4.89. The molecule has 2 aromatic carbocycles. The Morgan fingerprint density at radius 1 is 0.974 bits per heavy atom. The van der Waals surface area contributed by atoms with Crippen LogP contribution in [0.25, 0.3) is 5.65 Å². The van der Waals surface area contributed by atoms with E-state index in [1.165, 1.54) is 22.8 Å². The van der Waals surface area contributed by atoms with E-state index in [9.17, 15) is 18.0 Å². The molecule has 1 N–H and O–H groups in total. The fraction of sp³-hybridized carbons (Fsp3) is 0.321. The number of hydrogen-bond donors (Lipinski definition) is 1. The molecule has 0 bridgehead atoms. The first-order valence-corrected chi connectivity index (χ1v) is 13.0. The van der Waals surface area contributed by atoms with Gasteiger partial charge in [0.1, 0.15) is 29.0 Å². The van der Waals surface area contributed by atoms with Crippen molar-refractivity contribution in [3.05, 3.63) is 83.4 Å². The van der Waals surface area contributed by atoms with Crippen molar-refractivity contribution < 1.29 is 18.0 Å². The monoisotopic (exact) mass is 535 g/mol. The van der Waals surface area contributed by atoms with Crippen LogP contribution in [-0.4, -0.2) is 65.2 Å². The molecule has 0 unspecified atom stereocenters. The highest BCUT2D eigenvalue weighted by Crippen LogP contribution is 2.37. The van der Waals surface area contributed by atoms with Crippen LogP contribution in [0, 0.1) is 17.5 Å². The zero-order valence-electron chi connectivity index (χ0n) is 21.4. The van der Waals surface area contributed by atoms with E-state index in [0.717, 1.165) is 44.7 Å². The first-order chi connectivity index (χ1) is 18.9. The highest BCUT2D eigenvalue weighted by Gasteiger charge is 2.30. The molecule has 4 heterocycles. The Balaban J connectivity index is 1.23. The van der Waals surface area contributed by atoms with Gasteiger partial charge < -0.3 is 20.0 Å². The van der Waals surface area contributed by atoms with Crippen molar-refractivity contribution in [2.75, 3.05) is 54.9 Å². The van der Waals surface area contributed by atoms with Crippen molar-refractivity contribution in [1.82, 2.24) is 19.5 Å². The van der Waals surface area contributed by atoms with Crippen molar-refractivity contribution in [3.8, 4) is 0 Å². The van der Waals surface area contributed by atoms with Crippen molar-refractivity contribution in [1.29, 1.82) is 0 Å². The van der Waals surface area contributed by atoms with Crippen molar-refractivity contribution >= 4 is 28.7 Å². The van der Waals surface area contributed by atoms with Gasteiger partial charge in [-0.15, -0.1) is 0 Å². The average molecular weight is 536 g/mol. The van der Waals surface area contributed by atoms with E-state index in [-0.39, 0.29) is 11.6 Å². The molecule has 8 nitrogen and oxygen atoms in total. The summed E-state index contributed by atoms with van der Waals surface area (Å²) in [6.07, 6.45) is 4.64. The summed E-state index contributed by atoms with van der Waals surface area (Å²) in [4.78, 5) is 23.8. The van der Waals surface area contributed by atoms with Crippen LogP contribution in [0.2, 0.25) is 0 Å². The Morgan fingerprint density at radius 2 is 1.79 bits per heavy atom. The molecule has 2 aliphatic rings. The van der Waals surface area contributed by atoms with E-state index in [2.05, 4.69) is 15.3 Å². The lowest BCUT2D eigenvalue weighted by Crippen LogP contribution is -2.44. The highest BCUT2D eigenvalue weighted by atomic mass is 19.1. The summed E-state index contributed by atoms with van der Waals surface area (Å²) in [7, 11) is 2.03. The molecule has 1 atom stereocenters. The van der Waals surface area contributed by atoms with Gasteiger partial charge in [-0.3, -0.25) is 4.79 Å². The fourth-order valence-electron chi connectivity index (χ4n) is 5.39. The Bertz CT molecular complexity index is 1530. The summed E-state index contributed by atoms with van der Waals surface area (Å²) in [5.74, 6) is -1.32. The second-order valence-electron chi connectivity index (χ2n) is 10.0. The maximum atomic E-state index is 15.0. The van der Waals surface area contributed by atoms with Gasteiger partial charge in [0.2, 0.25) is 0 Å². The lowest BCUT2D eigenvalue weighted by Gasteiger charge is -2.34. The summed E-state index contributed by atoms with van der Waals surface area (Å²) in [6.45, 7) is 3.76. The molecular weight excluding hydrogens is 507 g/mol. The van der Waals surface area contributed by atoms with Gasteiger partial charge in [0, 0.05) is 50.0 Å². The lowest BCUT2D eigenvalue weighted by molar-refractivity contribution is 0.102. The Kier molecular flexibility index (Phi) is 6.59. The van der Waals surface area contributed by atoms with Gasteiger partial charge in [0.25, 0.3) is 5.91 Å². The van der Waals surface area contributed by atoms with Crippen LogP contribution in [-0.2, 0) is 0 Å².